The van der Waals surface area contributed by atoms with E-state index in [1.165, 1.54) is 0 Å². The number of carbonyl (C=O) groups is 1. The highest BCUT2D eigenvalue weighted by Crippen LogP contribution is 2.48. The number of rotatable bonds is 4. The molecule has 0 unspecified atom stereocenters. The predicted octanol–water partition coefficient (Wildman–Crippen LogP) is 2.35. The number of pyridine rings is 1. The summed E-state index contributed by atoms with van der Waals surface area (Å²) in [7, 11) is 0. The second-order valence-electron chi connectivity index (χ2n) is 7.61. The second kappa shape index (κ2) is 7.29. The van der Waals surface area contributed by atoms with Gasteiger partial charge in [-0.1, -0.05) is 24.3 Å². The van der Waals surface area contributed by atoms with Gasteiger partial charge in [0.25, 0.3) is 0 Å². The van der Waals surface area contributed by atoms with Gasteiger partial charge in [-0.25, -0.2) is 4.79 Å². The fourth-order valence-electron chi connectivity index (χ4n) is 4.40. The van der Waals surface area contributed by atoms with Crippen LogP contribution in [0.4, 0.5) is 10.5 Å². The van der Waals surface area contributed by atoms with Crippen LogP contribution < -0.4 is 10.2 Å². The van der Waals surface area contributed by atoms with Gasteiger partial charge >= 0.3 is 6.03 Å². The van der Waals surface area contributed by atoms with Crippen LogP contribution in [0.2, 0.25) is 0 Å². The minimum atomic E-state index is -0.0684. The lowest BCUT2D eigenvalue weighted by Gasteiger charge is -2.59. The first-order chi connectivity index (χ1) is 13.1. The van der Waals surface area contributed by atoms with Crippen LogP contribution in [0.3, 0.4) is 0 Å². The highest BCUT2D eigenvalue weighted by atomic mass is 16.3. The molecule has 3 heterocycles. The van der Waals surface area contributed by atoms with Gasteiger partial charge in [-0.15, -0.1) is 0 Å². The van der Waals surface area contributed by atoms with Gasteiger partial charge < -0.3 is 10.4 Å². The van der Waals surface area contributed by atoms with E-state index in [2.05, 4.69) is 21.3 Å². The first-order valence-corrected chi connectivity index (χ1v) is 9.53. The molecule has 1 fully saturated rings. The summed E-state index contributed by atoms with van der Waals surface area (Å²) < 4.78 is 0. The molecular formula is C21H26N4O2. The van der Waals surface area contributed by atoms with Crippen LogP contribution in [0.1, 0.15) is 31.0 Å². The van der Waals surface area contributed by atoms with Crippen LogP contribution in [0.5, 0.6) is 0 Å². The molecule has 0 bridgehead atoms. The number of urea groups is 1. The number of hydrogen-bond acceptors (Lipinski definition) is 4. The number of aliphatic hydroxyl groups excluding tert-OH is 1. The lowest BCUT2D eigenvalue weighted by atomic mass is 9.72. The number of aromatic nitrogens is 1. The van der Waals surface area contributed by atoms with Crippen molar-refractivity contribution in [1.29, 1.82) is 0 Å². The number of amides is 2. The number of hydrogen-bond donors (Lipinski definition) is 2. The highest BCUT2D eigenvalue weighted by molar-refractivity contribution is 5.94. The number of nitrogens with one attached hydrogen (secondary N) is 1. The largest absolute Gasteiger partial charge is 0.395 e. The van der Waals surface area contributed by atoms with Crippen molar-refractivity contribution in [3.63, 3.8) is 0 Å². The Hall–Kier alpha value is -2.44. The topological polar surface area (TPSA) is 68.7 Å². The van der Waals surface area contributed by atoms with Gasteiger partial charge in [0.15, 0.2) is 0 Å². The lowest BCUT2D eigenvalue weighted by molar-refractivity contribution is -0.0493. The van der Waals surface area contributed by atoms with Gasteiger partial charge in [0.2, 0.25) is 0 Å². The summed E-state index contributed by atoms with van der Waals surface area (Å²) >= 11 is 0. The predicted molar refractivity (Wildman–Crippen MR) is 105 cm³/mol. The number of nitrogens with zero attached hydrogens (tertiary/aromatic N) is 3. The Balaban J connectivity index is 1.64. The van der Waals surface area contributed by atoms with Crippen molar-refractivity contribution in [2.75, 3.05) is 18.1 Å². The first-order valence-electron chi connectivity index (χ1n) is 9.53. The van der Waals surface area contributed by atoms with Gasteiger partial charge in [0, 0.05) is 49.0 Å². The molecule has 27 heavy (non-hydrogen) atoms. The van der Waals surface area contributed by atoms with Crippen molar-refractivity contribution in [3.8, 4) is 0 Å². The summed E-state index contributed by atoms with van der Waals surface area (Å²) in [5, 5.41) is 13.0. The normalized spacial score (nSPS) is 24.1. The van der Waals surface area contributed by atoms with Crippen LogP contribution in [-0.2, 0) is 6.54 Å². The SMILES string of the molecule is CC(C)NC(=O)N1C[C@@H]2[C@H](c3ccccc31)[C@@H](CO)N2Cc1ccccn1. The smallest absolute Gasteiger partial charge is 0.322 e. The molecule has 3 atom stereocenters. The van der Waals surface area contributed by atoms with E-state index < -0.39 is 0 Å². The number of carbonyl (C=O) groups excluding carboxylic acids is 1. The van der Waals surface area contributed by atoms with Crippen molar-refractivity contribution in [2.24, 2.45) is 0 Å². The maximum atomic E-state index is 12.8. The van der Waals surface area contributed by atoms with Crippen molar-refractivity contribution in [1.82, 2.24) is 15.2 Å². The molecule has 2 aromatic rings. The van der Waals surface area contributed by atoms with E-state index in [9.17, 15) is 9.90 Å². The third-order valence-corrected chi connectivity index (χ3v) is 5.55. The Kier molecular flexibility index (Phi) is 4.85. The molecule has 2 aliphatic heterocycles. The van der Waals surface area contributed by atoms with Crippen LogP contribution >= 0.6 is 0 Å². The molecule has 4 rings (SSSR count). The summed E-state index contributed by atoms with van der Waals surface area (Å²) in [6.45, 7) is 5.32. The molecule has 2 amide bonds. The Morgan fingerprint density at radius 3 is 2.74 bits per heavy atom. The van der Waals surface area contributed by atoms with Crippen molar-refractivity contribution in [3.05, 3.63) is 59.9 Å². The van der Waals surface area contributed by atoms with Crippen LogP contribution in [0, 0.1) is 0 Å². The number of para-hydroxylation sites is 1. The molecule has 6 heteroatoms. The van der Waals surface area contributed by atoms with E-state index >= 15 is 0 Å². The molecule has 0 saturated carbocycles. The summed E-state index contributed by atoms with van der Waals surface area (Å²) in [6.07, 6.45) is 1.79. The maximum Gasteiger partial charge on any atom is 0.322 e. The maximum absolute atomic E-state index is 12.8. The van der Waals surface area contributed by atoms with E-state index in [1.54, 1.807) is 6.20 Å². The zero-order chi connectivity index (χ0) is 19.0. The summed E-state index contributed by atoms with van der Waals surface area (Å²) in [5.74, 6) is 0.234. The van der Waals surface area contributed by atoms with E-state index in [-0.39, 0.29) is 36.7 Å². The summed E-state index contributed by atoms with van der Waals surface area (Å²) in [4.78, 5) is 21.3. The molecule has 142 valence electrons. The van der Waals surface area contributed by atoms with Gasteiger partial charge in [-0.2, -0.15) is 0 Å². The Morgan fingerprint density at radius 1 is 1.26 bits per heavy atom. The third-order valence-electron chi connectivity index (χ3n) is 5.55. The molecule has 0 radical (unpaired) electrons. The third kappa shape index (κ3) is 3.19. The van der Waals surface area contributed by atoms with Crippen molar-refractivity contribution in [2.45, 2.75) is 44.4 Å². The highest BCUT2D eigenvalue weighted by Gasteiger charge is 2.53. The fraction of sp³-hybridized carbons (Fsp3) is 0.429. The first kappa shape index (κ1) is 17.9. The van der Waals surface area contributed by atoms with Crippen LogP contribution in [0.15, 0.2) is 48.7 Å². The monoisotopic (exact) mass is 366 g/mol. The zero-order valence-corrected chi connectivity index (χ0v) is 15.7. The number of fused-ring (bicyclic) bond motifs is 3. The van der Waals surface area contributed by atoms with E-state index in [0.717, 1.165) is 16.9 Å². The van der Waals surface area contributed by atoms with Gasteiger partial charge in [0.05, 0.1) is 12.3 Å². The average molecular weight is 366 g/mol. The van der Waals surface area contributed by atoms with Crippen LogP contribution in [0.25, 0.3) is 0 Å². The lowest BCUT2D eigenvalue weighted by Crippen LogP contribution is -2.69. The second-order valence-corrected chi connectivity index (χ2v) is 7.61. The average Bonchev–Trinajstić information content (AvgIpc) is 2.66. The fourth-order valence-corrected chi connectivity index (χ4v) is 4.40. The van der Waals surface area contributed by atoms with Crippen LogP contribution in [-0.4, -0.2) is 52.3 Å². The molecule has 1 aromatic heterocycles. The Bertz CT molecular complexity index is 811. The van der Waals surface area contributed by atoms with Gasteiger partial charge in [-0.05, 0) is 37.6 Å². The quantitative estimate of drug-likeness (QED) is 0.872. The molecule has 1 aromatic carbocycles. The molecule has 0 spiro atoms. The molecule has 2 N–H and O–H groups in total. The number of benzene rings is 1. The Morgan fingerprint density at radius 2 is 2.04 bits per heavy atom. The molecule has 1 saturated heterocycles. The standard InChI is InChI=1S/C21H26N4O2/c1-14(2)23-21(27)25-12-18-20(16-8-3-4-9-17(16)25)19(13-26)24(18)11-15-7-5-6-10-22-15/h3-10,14,18-20,26H,11-13H2,1-2H3,(H,23,27)/t18-,19-,20+/m1/s1. The molecular weight excluding hydrogens is 340 g/mol. The number of aliphatic hydroxyl groups is 1. The van der Waals surface area contributed by atoms with Crippen molar-refractivity contribution >= 4 is 11.7 Å². The summed E-state index contributed by atoms with van der Waals surface area (Å²) in [5.41, 5.74) is 3.07. The van der Waals surface area contributed by atoms with E-state index in [0.29, 0.717) is 13.1 Å². The van der Waals surface area contributed by atoms with Gasteiger partial charge in [0.1, 0.15) is 0 Å². The minimum absolute atomic E-state index is 0.0495. The molecule has 0 aliphatic carbocycles. The molecule has 2 aliphatic rings. The van der Waals surface area contributed by atoms with E-state index in [1.807, 2.05) is 55.1 Å². The van der Waals surface area contributed by atoms with Crippen molar-refractivity contribution < 1.29 is 9.90 Å². The number of anilines is 1. The van der Waals surface area contributed by atoms with E-state index in [4.69, 9.17) is 0 Å². The summed E-state index contributed by atoms with van der Waals surface area (Å²) in [6, 6.07) is 14.2. The van der Waals surface area contributed by atoms with Gasteiger partial charge in [-0.3, -0.25) is 14.8 Å². The zero-order valence-electron chi connectivity index (χ0n) is 15.7. The minimum Gasteiger partial charge on any atom is -0.395 e. The Labute approximate surface area is 159 Å². The number of likely N-dealkylation sites (tertiary alicyclic amines) is 1. The molecule has 6 nitrogen and oxygen atoms in total.